The Bertz CT molecular complexity index is 602. The molecule has 1 N–H and O–H groups in total. The number of carboxylic acids is 1. The topological polar surface area (TPSA) is 63.6 Å². The lowest BCUT2D eigenvalue weighted by Crippen LogP contribution is -2.39. The van der Waals surface area contributed by atoms with E-state index in [1.807, 2.05) is 44.2 Å². The molecule has 0 aliphatic rings. The highest BCUT2D eigenvalue weighted by Crippen LogP contribution is 2.42. The number of rotatable bonds is 9. The van der Waals surface area contributed by atoms with Crippen LogP contribution in [0.25, 0.3) is 0 Å². The first-order valence-electron chi connectivity index (χ1n) is 9.36. The van der Waals surface area contributed by atoms with E-state index in [9.17, 15) is 14.7 Å². The van der Waals surface area contributed by atoms with Crippen molar-refractivity contribution in [3.05, 3.63) is 35.9 Å². The highest BCUT2D eigenvalue weighted by atomic mass is 16.5. The van der Waals surface area contributed by atoms with Crippen molar-refractivity contribution in [3.63, 3.8) is 0 Å². The molecule has 4 nitrogen and oxygen atoms in total. The highest BCUT2D eigenvalue weighted by molar-refractivity contribution is 5.79. The van der Waals surface area contributed by atoms with Gasteiger partial charge < -0.3 is 9.84 Å². The molecule has 0 aliphatic carbocycles. The monoisotopic (exact) mass is 362 g/mol. The molecule has 0 spiro atoms. The maximum Gasteiger partial charge on any atom is 0.312 e. The normalized spacial score (nSPS) is 16.4. The Kier molecular flexibility index (Phi) is 7.43. The number of aliphatic carboxylic acids is 1. The second-order valence-corrected chi connectivity index (χ2v) is 9.08. The second kappa shape index (κ2) is 8.70. The van der Waals surface area contributed by atoms with Gasteiger partial charge in [-0.3, -0.25) is 9.59 Å². The Morgan fingerprint density at radius 1 is 0.962 bits per heavy atom. The summed E-state index contributed by atoms with van der Waals surface area (Å²) in [7, 11) is 0. The van der Waals surface area contributed by atoms with E-state index >= 15 is 0 Å². The largest absolute Gasteiger partial charge is 0.481 e. The Morgan fingerprint density at radius 2 is 1.54 bits per heavy atom. The summed E-state index contributed by atoms with van der Waals surface area (Å²) in [4.78, 5) is 24.7. The van der Waals surface area contributed by atoms with E-state index in [1.165, 1.54) is 0 Å². The average Bonchev–Trinajstić information content (AvgIpc) is 2.58. The minimum atomic E-state index is -0.955. The van der Waals surface area contributed by atoms with Crippen LogP contribution in [0.2, 0.25) is 0 Å². The van der Waals surface area contributed by atoms with Crippen LogP contribution < -0.4 is 0 Å². The first-order valence-corrected chi connectivity index (χ1v) is 9.36. The lowest BCUT2D eigenvalue weighted by atomic mass is 9.68. The van der Waals surface area contributed by atoms with E-state index in [1.54, 1.807) is 6.92 Å². The van der Waals surface area contributed by atoms with Gasteiger partial charge in [0.1, 0.15) is 6.61 Å². The van der Waals surface area contributed by atoms with Gasteiger partial charge in [0, 0.05) is 0 Å². The Morgan fingerprint density at radius 3 is 2.00 bits per heavy atom. The molecule has 0 saturated heterocycles. The van der Waals surface area contributed by atoms with Gasteiger partial charge in [-0.1, -0.05) is 58.0 Å². The smallest absolute Gasteiger partial charge is 0.312 e. The third-order valence-corrected chi connectivity index (χ3v) is 5.21. The molecule has 1 rings (SSSR count). The SMILES string of the molecule is CCC(C)(CC(C)(CCC(C)(C)C)C(=O)O)C(=O)OCc1ccccc1. The minimum absolute atomic E-state index is 0.0488. The molecule has 0 bridgehead atoms. The molecular formula is C22H34O4. The zero-order valence-corrected chi connectivity index (χ0v) is 17.1. The second-order valence-electron chi connectivity index (χ2n) is 9.08. The van der Waals surface area contributed by atoms with Crippen molar-refractivity contribution < 1.29 is 19.4 Å². The van der Waals surface area contributed by atoms with Crippen LogP contribution in [0.1, 0.15) is 72.8 Å². The predicted octanol–water partition coefficient (Wildman–Crippen LogP) is 5.45. The van der Waals surface area contributed by atoms with E-state index in [2.05, 4.69) is 20.8 Å². The Labute approximate surface area is 158 Å². The van der Waals surface area contributed by atoms with E-state index in [0.717, 1.165) is 12.0 Å². The van der Waals surface area contributed by atoms with Crippen LogP contribution >= 0.6 is 0 Å². The molecule has 4 heteroatoms. The molecule has 0 amide bonds. The van der Waals surface area contributed by atoms with E-state index < -0.39 is 16.8 Å². The summed E-state index contributed by atoms with van der Waals surface area (Å²) in [6.45, 7) is 12.0. The summed E-state index contributed by atoms with van der Waals surface area (Å²) in [5, 5.41) is 9.83. The van der Waals surface area contributed by atoms with Crippen LogP contribution in [0.4, 0.5) is 0 Å². The van der Waals surface area contributed by atoms with Gasteiger partial charge in [0.2, 0.25) is 0 Å². The van der Waals surface area contributed by atoms with Crippen molar-refractivity contribution >= 4 is 11.9 Å². The molecule has 2 atom stereocenters. The van der Waals surface area contributed by atoms with Crippen LogP contribution in [0, 0.1) is 16.2 Å². The fourth-order valence-corrected chi connectivity index (χ4v) is 3.02. The Hall–Kier alpha value is -1.84. The predicted molar refractivity (Wildman–Crippen MR) is 104 cm³/mol. The number of carbonyl (C=O) groups excluding carboxylic acids is 1. The molecule has 0 aromatic heterocycles. The summed E-state index contributed by atoms with van der Waals surface area (Å²) < 4.78 is 5.52. The first-order chi connectivity index (χ1) is 11.9. The summed E-state index contributed by atoms with van der Waals surface area (Å²) in [5.74, 6) is -1.18. The zero-order chi connectivity index (χ0) is 20.0. The maximum atomic E-state index is 12.8. The number of benzene rings is 1. The number of hydrogen-bond acceptors (Lipinski definition) is 3. The standard InChI is InChI=1S/C22H34O4/c1-7-21(5,19(25)26-15-17-11-9-8-10-12-17)16-22(6,18(23)24)14-13-20(2,3)4/h8-12H,7,13-16H2,1-6H3,(H,23,24). The molecule has 1 aromatic rings. The van der Waals surface area contributed by atoms with Gasteiger partial charge >= 0.3 is 11.9 Å². The molecule has 0 aliphatic heterocycles. The highest BCUT2D eigenvalue weighted by Gasteiger charge is 2.45. The van der Waals surface area contributed by atoms with Crippen LogP contribution in [0.3, 0.4) is 0 Å². The molecule has 146 valence electrons. The quantitative estimate of drug-likeness (QED) is 0.593. The number of esters is 1. The fourth-order valence-electron chi connectivity index (χ4n) is 3.02. The van der Waals surface area contributed by atoms with E-state index in [4.69, 9.17) is 4.74 Å². The van der Waals surface area contributed by atoms with Gasteiger partial charge in [0.15, 0.2) is 0 Å². The van der Waals surface area contributed by atoms with E-state index in [-0.39, 0.29) is 24.4 Å². The van der Waals surface area contributed by atoms with Crippen molar-refractivity contribution in [2.45, 2.75) is 73.8 Å². The minimum Gasteiger partial charge on any atom is -0.481 e. The molecule has 26 heavy (non-hydrogen) atoms. The van der Waals surface area contributed by atoms with Crippen molar-refractivity contribution in [3.8, 4) is 0 Å². The molecule has 1 aromatic carbocycles. The number of hydrogen-bond donors (Lipinski definition) is 1. The molecule has 0 saturated carbocycles. The van der Waals surface area contributed by atoms with Crippen LogP contribution in [0.5, 0.6) is 0 Å². The van der Waals surface area contributed by atoms with Gasteiger partial charge in [-0.05, 0) is 50.5 Å². The lowest BCUT2D eigenvalue weighted by Gasteiger charge is -2.36. The molecular weight excluding hydrogens is 328 g/mol. The van der Waals surface area contributed by atoms with Gasteiger partial charge in [0.05, 0.1) is 10.8 Å². The average molecular weight is 363 g/mol. The molecule has 0 radical (unpaired) electrons. The number of carbonyl (C=O) groups is 2. The third kappa shape index (κ3) is 6.47. The fraction of sp³-hybridized carbons (Fsp3) is 0.636. The molecule has 0 fully saturated rings. The van der Waals surface area contributed by atoms with Crippen LogP contribution in [-0.4, -0.2) is 17.0 Å². The van der Waals surface area contributed by atoms with Crippen LogP contribution in [-0.2, 0) is 20.9 Å². The van der Waals surface area contributed by atoms with E-state index in [0.29, 0.717) is 12.8 Å². The summed E-state index contributed by atoms with van der Waals surface area (Å²) in [6, 6.07) is 9.52. The van der Waals surface area contributed by atoms with Crippen molar-refractivity contribution in [2.75, 3.05) is 0 Å². The summed E-state index contributed by atoms with van der Waals surface area (Å²) in [5.41, 5.74) is -0.801. The summed E-state index contributed by atoms with van der Waals surface area (Å²) >= 11 is 0. The Balaban J connectivity index is 2.86. The van der Waals surface area contributed by atoms with Crippen molar-refractivity contribution in [1.82, 2.24) is 0 Å². The van der Waals surface area contributed by atoms with Crippen molar-refractivity contribution in [2.24, 2.45) is 16.2 Å². The van der Waals surface area contributed by atoms with Gasteiger partial charge in [-0.2, -0.15) is 0 Å². The first kappa shape index (κ1) is 22.2. The van der Waals surface area contributed by atoms with Gasteiger partial charge in [-0.15, -0.1) is 0 Å². The van der Waals surface area contributed by atoms with Gasteiger partial charge in [-0.25, -0.2) is 0 Å². The maximum absolute atomic E-state index is 12.8. The lowest BCUT2D eigenvalue weighted by molar-refractivity contribution is -0.162. The van der Waals surface area contributed by atoms with Crippen molar-refractivity contribution in [1.29, 1.82) is 0 Å². The molecule has 0 heterocycles. The van der Waals surface area contributed by atoms with Gasteiger partial charge in [0.25, 0.3) is 0 Å². The third-order valence-electron chi connectivity index (χ3n) is 5.21. The summed E-state index contributed by atoms with van der Waals surface area (Å²) in [6.07, 6.45) is 2.14. The zero-order valence-electron chi connectivity index (χ0n) is 17.1. The molecule has 2 unspecified atom stereocenters. The van der Waals surface area contributed by atoms with Crippen LogP contribution in [0.15, 0.2) is 30.3 Å². The number of carboxylic acid groups (broad SMARTS) is 1. The number of ether oxygens (including phenoxy) is 1.